The first-order valence-electron chi connectivity index (χ1n) is 9.56. The molecule has 0 aliphatic heterocycles. The Hall–Kier alpha value is -0.370. The Morgan fingerprint density at radius 2 is 1.77 bits per heavy atom. The molecule has 1 N–H and O–H groups in total. The van der Waals surface area contributed by atoms with Crippen molar-refractivity contribution < 1.29 is 9.90 Å². The molecule has 22 heavy (non-hydrogen) atoms. The quantitative estimate of drug-likeness (QED) is 0.728. The lowest BCUT2D eigenvalue weighted by Crippen LogP contribution is -2.56. The summed E-state index contributed by atoms with van der Waals surface area (Å²) < 4.78 is 0. The average molecular weight is 304 g/mol. The molecule has 8 atom stereocenters. The van der Waals surface area contributed by atoms with E-state index in [0.717, 1.165) is 43.4 Å². The molecule has 4 aliphatic rings. The van der Waals surface area contributed by atoms with Crippen molar-refractivity contribution in [2.45, 2.75) is 78.2 Å². The third-order valence-corrected chi connectivity index (χ3v) is 8.79. The van der Waals surface area contributed by atoms with E-state index in [-0.39, 0.29) is 11.5 Å². The van der Waals surface area contributed by atoms with Crippen LogP contribution in [0.2, 0.25) is 0 Å². The highest BCUT2D eigenvalue weighted by atomic mass is 16.3. The van der Waals surface area contributed by atoms with Crippen LogP contribution in [-0.2, 0) is 4.79 Å². The van der Waals surface area contributed by atoms with Crippen LogP contribution in [0.5, 0.6) is 0 Å². The van der Waals surface area contributed by atoms with Crippen molar-refractivity contribution >= 4 is 5.78 Å². The number of aliphatic hydroxyl groups is 1. The Bertz CT molecular complexity index is 486. The maximum Gasteiger partial charge on any atom is 0.133 e. The molecule has 0 aromatic rings. The third kappa shape index (κ3) is 1.85. The lowest BCUT2D eigenvalue weighted by molar-refractivity contribution is -0.153. The van der Waals surface area contributed by atoms with Gasteiger partial charge in [0.15, 0.2) is 0 Å². The lowest BCUT2D eigenvalue weighted by Gasteiger charge is -2.62. The largest absolute Gasteiger partial charge is 0.393 e. The van der Waals surface area contributed by atoms with Gasteiger partial charge < -0.3 is 5.11 Å². The van der Waals surface area contributed by atoms with Crippen molar-refractivity contribution in [1.29, 1.82) is 0 Å². The summed E-state index contributed by atoms with van der Waals surface area (Å²) >= 11 is 0. The molecule has 4 rings (SSSR count). The van der Waals surface area contributed by atoms with Crippen molar-refractivity contribution in [2.24, 2.45) is 40.4 Å². The van der Waals surface area contributed by atoms with Crippen LogP contribution in [0.25, 0.3) is 0 Å². The molecule has 124 valence electrons. The fourth-order valence-corrected chi connectivity index (χ4v) is 7.40. The van der Waals surface area contributed by atoms with E-state index >= 15 is 0 Å². The molecule has 0 bridgehead atoms. The predicted octanol–water partition coefficient (Wildman–Crippen LogP) is 4.21. The normalized spacial score (nSPS) is 57.9. The molecular weight excluding hydrogens is 272 g/mol. The van der Waals surface area contributed by atoms with Gasteiger partial charge in [-0.15, -0.1) is 0 Å². The standard InChI is InChI=1S/C20H32O2/c1-12-10-13-11-14(21)6-8-19(13,2)16-7-9-20(3)15(18(12)16)4-5-17(20)22/h12-13,15-18,22H,4-11H2,1-3H3/t12-,13-,15-,16-,17-,18-,19-,20-/m0/s1. The number of fused-ring (bicyclic) bond motifs is 5. The van der Waals surface area contributed by atoms with Crippen LogP contribution in [0.15, 0.2) is 0 Å². The summed E-state index contributed by atoms with van der Waals surface area (Å²) in [4.78, 5) is 12.0. The minimum Gasteiger partial charge on any atom is -0.393 e. The molecule has 0 radical (unpaired) electrons. The lowest BCUT2D eigenvalue weighted by atomic mass is 9.43. The Balaban J connectivity index is 1.68. The van der Waals surface area contributed by atoms with Crippen molar-refractivity contribution in [3.8, 4) is 0 Å². The molecule has 2 heteroatoms. The van der Waals surface area contributed by atoms with Crippen molar-refractivity contribution in [3.63, 3.8) is 0 Å². The maximum absolute atomic E-state index is 12.0. The van der Waals surface area contributed by atoms with Gasteiger partial charge in [0.25, 0.3) is 0 Å². The van der Waals surface area contributed by atoms with Crippen LogP contribution in [0.1, 0.15) is 72.1 Å². The molecule has 0 aromatic heterocycles. The first kappa shape index (κ1) is 15.2. The second kappa shape index (κ2) is 4.82. The second-order valence-corrected chi connectivity index (χ2v) is 9.59. The fraction of sp³-hybridized carbons (Fsp3) is 0.950. The van der Waals surface area contributed by atoms with Crippen LogP contribution in [0.4, 0.5) is 0 Å². The number of rotatable bonds is 0. The number of hydrogen-bond acceptors (Lipinski definition) is 2. The fourth-order valence-electron chi connectivity index (χ4n) is 7.40. The second-order valence-electron chi connectivity index (χ2n) is 9.59. The van der Waals surface area contributed by atoms with Gasteiger partial charge >= 0.3 is 0 Å². The SMILES string of the molecule is C[C@H]1C[C@H]2CC(=O)CC[C@]2(C)[C@H]2CC[C@]3(C)[C@@H](O)CC[C@H]3[C@H]12. The molecule has 4 aliphatic carbocycles. The molecular formula is C20H32O2. The van der Waals surface area contributed by atoms with E-state index < -0.39 is 0 Å². The van der Waals surface area contributed by atoms with Gasteiger partial charge in [0, 0.05) is 12.8 Å². The van der Waals surface area contributed by atoms with Gasteiger partial charge in [-0.05, 0) is 78.9 Å². The smallest absolute Gasteiger partial charge is 0.133 e. The zero-order chi connectivity index (χ0) is 15.7. The monoisotopic (exact) mass is 304 g/mol. The molecule has 2 nitrogen and oxygen atoms in total. The van der Waals surface area contributed by atoms with Gasteiger partial charge in [-0.2, -0.15) is 0 Å². The Kier molecular flexibility index (Phi) is 3.32. The van der Waals surface area contributed by atoms with Gasteiger partial charge in [-0.25, -0.2) is 0 Å². The van der Waals surface area contributed by atoms with Crippen molar-refractivity contribution in [1.82, 2.24) is 0 Å². The highest BCUT2D eigenvalue weighted by Gasteiger charge is 2.61. The van der Waals surface area contributed by atoms with Crippen LogP contribution in [0, 0.1) is 40.4 Å². The summed E-state index contributed by atoms with van der Waals surface area (Å²) in [6.07, 6.45) is 8.65. The van der Waals surface area contributed by atoms with Gasteiger partial charge in [0.1, 0.15) is 5.78 Å². The number of carbonyl (C=O) groups is 1. The van der Waals surface area contributed by atoms with Crippen LogP contribution >= 0.6 is 0 Å². The summed E-state index contributed by atoms with van der Waals surface area (Å²) in [5.41, 5.74) is 0.559. The van der Waals surface area contributed by atoms with Crippen LogP contribution < -0.4 is 0 Å². The first-order chi connectivity index (χ1) is 10.4. The number of carbonyl (C=O) groups excluding carboxylic acids is 1. The molecule has 0 spiro atoms. The van der Waals surface area contributed by atoms with E-state index in [0.29, 0.717) is 23.0 Å². The summed E-state index contributed by atoms with van der Waals surface area (Å²) in [7, 11) is 0. The molecule has 4 saturated carbocycles. The minimum atomic E-state index is -0.0795. The average Bonchev–Trinajstić information content (AvgIpc) is 2.77. The number of Topliss-reactive ketones (excluding diaryl/α,β-unsaturated/α-hetero) is 1. The molecule has 0 aromatic carbocycles. The molecule has 0 amide bonds. The van der Waals surface area contributed by atoms with Crippen LogP contribution in [0.3, 0.4) is 0 Å². The van der Waals surface area contributed by atoms with E-state index in [2.05, 4.69) is 20.8 Å². The summed E-state index contributed by atoms with van der Waals surface area (Å²) in [6.45, 7) is 7.30. The molecule has 0 unspecified atom stereocenters. The molecule has 0 saturated heterocycles. The summed E-state index contributed by atoms with van der Waals surface area (Å²) in [6, 6.07) is 0. The Morgan fingerprint density at radius 3 is 2.55 bits per heavy atom. The highest BCUT2D eigenvalue weighted by Crippen LogP contribution is 2.67. The van der Waals surface area contributed by atoms with Crippen molar-refractivity contribution in [2.75, 3.05) is 0 Å². The van der Waals surface area contributed by atoms with E-state index in [4.69, 9.17) is 0 Å². The number of aliphatic hydroxyl groups excluding tert-OH is 1. The predicted molar refractivity (Wildman–Crippen MR) is 87.3 cm³/mol. The van der Waals surface area contributed by atoms with Gasteiger partial charge in [0.05, 0.1) is 6.10 Å². The zero-order valence-corrected chi connectivity index (χ0v) is 14.5. The third-order valence-electron chi connectivity index (χ3n) is 8.79. The Morgan fingerprint density at radius 1 is 1.05 bits per heavy atom. The van der Waals surface area contributed by atoms with Gasteiger partial charge in [-0.1, -0.05) is 20.8 Å². The van der Waals surface area contributed by atoms with E-state index in [1.165, 1.54) is 25.7 Å². The summed E-state index contributed by atoms with van der Waals surface area (Å²) in [5.74, 6) is 4.14. The van der Waals surface area contributed by atoms with E-state index in [9.17, 15) is 9.90 Å². The Labute approximate surface area is 135 Å². The number of hydrogen-bond donors (Lipinski definition) is 1. The first-order valence-corrected chi connectivity index (χ1v) is 9.56. The number of ketones is 1. The maximum atomic E-state index is 12.0. The van der Waals surface area contributed by atoms with Gasteiger partial charge in [-0.3, -0.25) is 4.79 Å². The van der Waals surface area contributed by atoms with Gasteiger partial charge in [0.2, 0.25) is 0 Å². The molecule has 4 fully saturated rings. The van der Waals surface area contributed by atoms with Crippen molar-refractivity contribution in [3.05, 3.63) is 0 Å². The van der Waals surface area contributed by atoms with Crippen LogP contribution in [-0.4, -0.2) is 17.0 Å². The molecule has 0 heterocycles. The zero-order valence-electron chi connectivity index (χ0n) is 14.5. The van der Waals surface area contributed by atoms with E-state index in [1.54, 1.807) is 0 Å². The minimum absolute atomic E-state index is 0.0795. The highest BCUT2D eigenvalue weighted by molar-refractivity contribution is 5.79. The summed E-state index contributed by atoms with van der Waals surface area (Å²) in [5, 5.41) is 10.5. The topological polar surface area (TPSA) is 37.3 Å². The van der Waals surface area contributed by atoms with E-state index in [1.807, 2.05) is 0 Å².